The van der Waals surface area contributed by atoms with Gasteiger partial charge in [-0.05, 0) is 27.7 Å². The number of thiazole rings is 1. The Balaban J connectivity index is 2.80. The number of hydrogen-bond donors (Lipinski definition) is 2. The molecule has 0 bridgehead atoms. The maximum atomic E-state index is 11.7. The third-order valence-electron chi connectivity index (χ3n) is 2.01. The quantitative estimate of drug-likeness (QED) is 0.476. The maximum Gasteiger partial charge on any atom is 0.360 e. The molecule has 0 amide bonds. The van der Waals surface area contributed by atoms with E-state index in [-0.39, 0.29) is 10.8 Å². The second-order valence-electron chi connectivity index (χ2n) is 5.10. The van der Waals surface area contributed by atoms with Crippen molar-refractivity contribution in [1.29, 1.82) is 0 Å². The predicted molar refractivity (Wildman–Crippen MR) is 77.1 cm³/mol. The van der Waals surface area contributed by atoms with Crippen LogP contribution in [-0.2, 0) is 19.2 Å². The molecule has 1 aromatic rings. The second-order valence-corrected chi connectivity index (χ2v) is 5.99. The molecular formula is C12H17N3O5S. The van der Waals surface area contributed by atoms with E-state index in [9.17, 15) is 9.59 Å². The lowest BCUT2D eigenvalue weighted by molar-refractivity contribution is -0.167. The van der Waals surface area contributed by atoms with Crippen LogP contribution in [0.1, 0.15) is 33.4 Å². The van der Waals surface area contributed by atoms with Crippen LogP contribution >= 0.6 is 11.3 Å². The number of hydrogen-bond acceptors (Lipinski definition) is 8. The number of rotatable bonds is 5. The molecule has 0 spiro atoms. The molecular weight excluding hydrogens is 298 g/mol. The highest BCUT2D eigenvalue weighted by molar-refractivity contribution is 7.13. The Morgan fingerprint density at radius 2 is 2.10 bits per heavy atom. The van der Waals surface area contributed by atoms with Crippen molar-refractivity contribution in [1.82, 2.24) is 4.98 Å². The molecule has 0 saturated heterocycles. The summed E-state index contributed by atoms with van der Waals surface area (Å²) in [7, 11) is 0. The van der Waals surface area contributed by atoms with E-state index >= 15 is 0 Å². The average Bonchev–Trinajstić information content (AvgIpc) is 2.73. The summed E-state index contributed by atoms with van der Waals surface area (Å²) in [6.07, 6.45) is -1.05. The van der Waals surface area contributed by atoms with Gasteiger partial charge in [0.25, 0.3) is 0 Å². The number of ether oxygens (including phenoxy) is 1. The molecule has 1 heterocycles. The molecule has 1 aromatic heterocycles. The van der Waals surface area contributed by atoms with Gasteiger partial charge in [-0.3, -0.25) is 0 Å². The number of oxime groups is 1. The Morgan fingerprint density at radius 3 is 2.52 bits per heavy atom. The Morgan fingerprint density at radius 1 is 1.48 bits per heavy atom. The zero-order valence-corrected chi connectivity index (χ0v) is 12.9. The summed E-state index contributed by atoms with van der Waals surface area (Å²) in [4.78, 5) is 31.5. The van der Waals surface area contributed by atoms with Crippen molar-refractivity contribution in [3.8, 4) is 0 Å². The van der Waals surface area contributed by atoms with Crippen molar-refractivity contribution in [3.05, 3.63) is 11.1 Å². The highest BCUT2D eigenvalue weighted by atomic mass is 32.1. The van der Waals surface area contributed by atoms with Gasteiger partial charge >= 0.3 is 11.9 Å². The van der Waals surface area contributed by atoms with Gasteiger partial charge in [0.1, 0.15) is 11.3 Å². The number of carbonyl (C=O) groups excluding carboxylic acids is 1. The molecule has 21 heavy (non-hydrogen) atoms. The number of carboxylic acids is 1. The van der Waals surface area contributed by atoms with E-state index < -0.39 is 29.4 Å². The Bertz CT molecular complexity index is 561. The first-order chi connectivity index (χ1) is 9.60. The summed E-state index contributed by atoms with van der Waals surface area (Å²) in [5.41, 5.74) is 4.40. The van der Waals surface area contributed by atoms with Gasteiger partial charge in [0, 0.05) is 5.38 Å². The van der Waals surface area contributed by atoms with Crippen LogP contribution in [0, 0.1) is 0 Å². The smallest absolute Gasteiger partial charge is 0.360 e. The monoisotopic (exact) mass is 315 g/mol. The molecule has 0 saturated carbocycles. The molecule has 0 fully saturated rings. The number of carboxylic acid groups (broad SMARTS) is 1. The Labute approximate surface area is 125 Å². The van der Waals surface area contributed by atoms with Crippen LogP contribution in [-0.4, -0.2) is 39.4 Å². The van der Waals surface area contributed by atoms with Gasteiger partial charge in [0.2, 0.25) is 11.8 Å². The van der Waals surface area contributed by atoms with Crippen LogP contribution in [0.15, 0.2) is 10.5 Å². The number of nitrogens with zero attached hydrogens (tertiary/aromatic N) is 2. The molecule has 116 valence electrons. The molecule has 1 rings (SSSR count). The van der Waals surface area contributed by atoms with Crippen molar-refractivity contribution < 1.29 is 24.3 Å². The fourth-order valence-corrected chi connectivity index (χ4v) is 1.70. The summed E-state index contributed by atoms with van der Waals surface area (Å²) < 4.78 is 5.09. The molecule has 8 nitrogen and oxygen atoms in total. The zero-order chi connectivity index (χ0) is 16.2. The van der Waals surface area contributed by atoms with Gasteiger partial charge < -0.3 is 20.4 Å². The molecule has 0 aliphatic carbocycles. The number of nitrogen functional groups attached to an aromatic ring is 1. The summed E-state index contributed by atoms with van der Waals surface area (Å²) in [5.74, 6) is -1.98. The fraction of sp³-hybridized carbons (Fsp3) is 0.500. The molecule has 0 radical (unpaired) electrons. The van der Waals surface area contributed by atoms with Crippen molar-refractivity contribution >= 4 is 34.1 Å². The normalized spacial score (nSPS) is 13.6. The lowest BCUT2D eigenvalue weighted by Crippen LogP contribution is -2.31. The maximum absolute atomic E-state index is 11.7. The molecule has 1 atom stereocenters. The molecule has 9 heteroatoms. The number of nitrogens with two attached hydrogens (primary N) is 1. The minimum atomic E-state index is -1.34. The second kappa shape index (κ2) is 6.53. The van der Waals surface area contributed by atoms with Crippen molar-refractivity contribution in [2.24, 2.45) is 5.16 Å². The first kappa shape index (κ1) is 16.9. The SMILES string of the molecule is CC(ON=C(C(=O)O)c1csc(N)n1)C(=O)OC(C)(C)C. The Hall–Kier alpha value is -2.16. The molecule has 1 unspecified atom stereocenters. The Kier molecular flexibility index (Phi) is 5.25. The van der Waals surface area contributed by atoms with Crippen LogP contribution in [0.25, 0.3) is 0 Å². The predicted octanol–water partition coefficient (Wildman–Crippen LogP) is 1.26. The van der Waals surface area contributed by atoms with Crippen molar-refractivity contribution in [2.45, 2.75) is 39.4 Å². The zero-order valence-electron chi connectivity index (χ0n) is 12.1. The fourth-order valence-electron chi connectivity index (χ4n) is 1.15. The largest absolute Gasteiger partial charge is 0.476 e. The first-order valence-electron chi connectivity index (χ1n) is 6.01. The van der Waals surface area contributed by atoms with Gasteiger partial charge in [0.15, 0.2) is 5.13 Å². The van der Waals surface area contributed by atoms with Gasteiger partial charge in [-0.2, -0.15) is 0 Å². The van der Waals surface area contributed by atoms with Crippen LogP contribution in [0.5, 0.6) is 0 Å². The third kappa shape index (κ3) is 5.38. The van der Waals surface area contributed by atoms with Crippen molar-refractivity contribution in [2.75, 3.05) is 5.73 Å². The van der Waals surface area contributed by atoms with Crippen LogP contribution in [0.2, 0.25) is 0 Å². The summed E-state index contributed by atoms with van der Waals surface area (Å²) in [5, 5.41) is 14.2. The minimum Gasteiger partial charge on any atom is -0.476 e. The minimum absolute atomic E-state index is 0.0707. The summed E-state index contributed by atoms with van der Waals surface area (Å²) in [6, 6.07) is 0. The number of carbonyl (C=O) groups is 2. The van der Waals surface area contributed by atoms with Gasteiger partial charge in [-0.25, -0.2) is 14.6 Å². The molecule has 0 aromatic carbocycles. The topological polar surface area (TPSA) is 124 Å². The van der Waals surface area contributed by atoms with Crippen molar-refractivity contribution in [3.63, 3.8) is 0 Å². The van der Waals surface area contributed by atoms with Crippen LogP contribution in [0.3, 0.4) is 0 Å². The van der Waals surface area contributed by atoms with E-state index in [4.69, 9.17) is 20.4 Å². The number of anilines is 1. The lowest BCUT2D eigenvalue weighted by Gasteiger charge is -2.21. The highest BCUT2D eigenvalue weighted by Gasteiger charge is 2.24. The lowest BCUT2D eigenvalue weighted by atomic mass is 10.2. The number of aliphatic carboxylic acids is 1. The standard InChI is InChI=1S/C12H17N3O5S/c1-6(10(18)19-12(2,3)4)20-15-8(9(16)17)7-5-21-11(13)14-7/h5-6H,1-4H3,(H2,13,14)(H,16,17). The van der Waals surface area contributed by atoms with Gasteiger partial charge in [-0.1, -0.05) is 5.16 Å². The summed E-state index contributed by atoms with van der Waals surface area (Å²) >= 11 is 1.07. The van der Waals surface area contributed by atoms with Gasteiger partial charge in [-0.15, -0.1) is 11.3 Å². The van der Waals surface area contributed by atoms with E-state index in [1.807, 2.05) is 0 Å². The van der Waals surface area contributed by atoms with Gasteiger partial charge in [0.05, 0.1) is 0 Å². The van der Waals surface area contributed by atoms with E-state index in [1.165, 1.54) is 12.3 Å². The van der Waals surface area contributed by atoms with Crippen LogP contribution < -0.4 is 5.73 Å². The molecule has 3 N–H and O–H groups in total. The van der Waals surface area contributed by atoms with E-state index in [0.29, 0.717) is 0 Å². The van der Waals surface area contributed by atoms with E-state index in [0.717, 1.165) is 11.3 Å². The first-order valence-corrected chi connectivity index (χ1v) is 6.89. The number of aromatic nitrogens is 1. The van der Waals surface area contributed by atoms with E-state index in [2.05, 4.69) is 10.1 Å². The number of esters is 1. The average molecular weight is 315 g/mol. The van der Waals surface area contributed by atoms with Crippen LogP contribution in [0.4, 0.5) is 5.13 Å². The highest BCUT2D eigenvalue weighted by Crippen LogP contribution is 2.13. The molecule has 0 aliphatic heterocycles. The molecule has 0 aliphatic rings. The summed E-state index contributed by atoms with van der Waals surface area (Å²) in [6.45, 7) is 6.54. The third-order valence-corrected chi connectivity index (χ3v) is 2.68. The van der Waals surface area contributed by atoms with E-state index in [1.54, 1.807) is 20.8 Å².